The summed E-state index contributed by atoms with van der Waals surface area (Å²) in [7, 11) is 0. The first-order chi connectivity index (χ1) is 8.45. The van der Waals surface area contributed by atoms with Gasteiger partial charge in [-0.3, -0.25) is 4.79 Å². The summed E-state index contributed by atoms with van der Waals surface area (Å²) >= 11 is 5.59. The van der Waals surface area contributed by atoms with E-state index in [-0.39, 0.29) is 10.8 Å². The number of rotatable bonds is 2. The number of hydrogen-bond acceptors (Lipinski definition) is 4. The molecule has 0 radical (unpaired) electrons. The molecule has 0 spiro atoms. The Morgan fingerprint density at radius 3 is 2.72 bits per heavy atom. The van der Waals surface area contributed by atoms with Crippen LogP contribution in [-0.4, -0.2) is 44.2 Å². The molecule has 18 heavy (non-hydrogen) atoms. The fourth-order valence-corrected chi connectivity index (χ4v) is 2.18. The number of aromatic nitrogens is 2. The minimum absolute atomic E-state index is 0.105. The van der Waals surface area contributed by atoms with Crippen LogP contribution in [0.15, 0.2) is 12.1 Å². The number of hydrogen-bond donors (Lipinski definition) is 1. The van der Waals surface area contributed by atoms with Gasteiger partial charge >= 0.3 is 5.97 Å². The summed E-state index contributed by atoms with van der Waals surface area (Å²) in [6, 6.07) is 2.90. The third-order valence-corrected chi connectivity index (χ3v) is 3.40. The topological polar surface area (TPSA) is 83.4 Å². The van der Waals surface area contributed by atoms with E-state index in [2.05, 4.69) is 10.2 Å². The van der Waals surface area contributed by atoms with Crippen molar-refractivity contribution in [3.8, 4) is 0 Å². The van der Waals surface area contributed by atoms with Gasteiger partial charge in [0.2, 0.25) is 0 Å². The molecule has 6 nitrogen and oxygen atoms in total. The van der Waals surface area contributed by atoms with E-state index in [0.717, 1.165) is 0 Å². The van der Waals surface area contributed by atoms with Crippen molar-refractivity contribution in [2.75, 3.05) is 6.54 Å². The number of aliphatic carboxylic acids is 1. The van der Waals surface area contributed by atoms with Crippen LogP contribution >= 0.6 is 11.6 Å². The third kappa shape index (κ3) is 2.03. The van der Waals surface area contributed by atoms with Crippen molar-refractivity contribution >= 4 is 23.5 Å². The number of carboxylic acid groups (broad SMARTS) is 1. The number of halogens is 1. The van der Waals surface area contributed by atoms with Crippen LogP contribution in [0.3, 0.4) is 0 Å². The Morgan fingerprint density at radius 2 is 2.17 bits per heavy atom. The molecule has 1 N–H and O–H groups in total. The molecule has 1 unspecified atom stereocenters. The quantitative estimate of drug-likeness (QED) is 0.872. The zero-order valence-corrected chi connectivity index (χ0v) is 10.5. The molecule has 0 saturated carbocycles. The molecule has 7 heteroatoms. The van der Waals surface area contributed by atoms with Crippen LogP contribution in [0.5, 0.6) is 0 Å². The van der Waals surface area contributed by atoms with E-state index < -0.39 is 17.4 Å². The monoisotopic (exact) mass is 269 g/mol. The van der Waals surface area contributed by atoms with Gasteiger partial charge in [0.15, 0.2) is 10.8 Å². The van der Waals surface area contributed by atoms with E-state index in [1.165, 1.54) is 17.0 Å². The van der Waals surface area contributed by atoms with Gasteiger partial charge in [-0.15, -0.1) is 10.2 Å². The molecule has 1 aromatic heterocycles. The highest BCUT2D eigenvalue weighted by molar-refractivity contribution is 6.29. The maximum Gasteiger partial charge on any atom is 0.329 e. The van der Waals surface area contributed by atoms with Gasteiger partial charge in [0.05, 0.1) is 0 Å². The average molecular weight is 270 g/mol. The molecule has 96 valence electrons. The first-order valence-electron chi connectivity index (χ1n) is 5.50. The molecule has 1 saturated heterocycles. The molecule has 0 aliphatic carbocycles. The Labute approximate surface area is 109 Å². The molecule has 1 aliphatic heterocycles. The maximum atomic E-state index is 12.2. The van der Waals surface area contributed by atoms with Crippen LogP contribution in [-0.2, 0) is 4.79 Å². The van der Waals surface area contributed by atoms with Crippen molar-refractivity contribution < 1.29 is 14.7 Å². The number of carbonyl (C=O) groups is 2. The van der Waals surface area contributed by atoms with E-state index in [9.17, 15) is 14.7 Å². The minimum atomic E-state index is -1.17. The highest BCUT2D eigenvalue weighted by Crippen LogP contribution is 2.30. The summed E-state index contributed by atoms with van der Waals surface area (Å²) in [5, 5.41) is 16.7. The molecular weight excluding hydrogens is 258 g/mol. The molecule has 2 rings (SSSR count). The Kier molecular flexibility index (Phi) is 3.21. The standard InChI is InChI=1S/C11H12ClN3O3/c1-11(10(17)18)5-2-6-15(11)9(16)7-3-4-8(12)14-13-7/h3-4H,2,5-6H2,1H3,(H,17,18). The number of nitrogens with zero attached hydrogens (tertiary/aromatic N) is 3. The van der Waals surface area contributed by atoms with Crippen molar-refractivity contribution in [3.05, 3.63) is 23.0 Å². The van der Waals surface area contributed by atoms with Crippen molar-refractivity contribution in [2.45, 2.75) is 25.3 Å². The molecule has 1 atom stereocenters. The number of amides is 1. The van der Waals surface area contributed by atoms with E-state index in [1.54, 1.807) is 6.92 Å². The summed E-state index contributed by atoms with van der Waals surface area (Å²) in [5.41, 5.74) is -1.06. The highest BCUT2D eigenvalue weighted by atomic mass is 35.5. The summed E-state index contributed by atoms with van der Waals surface area (Å²) in [6.07, 6.45) is 1.10. The van der Waals surface area contributed by atoms with Gasteiger partial charge in [-0.05, 0) is 31.9 Å². The van der Waals surface area contributed by atoms with Gasteiger partial charge in [0.25, 0.3) is 5.91 Å². The molecule has 1 aromatic rings. The van der Waals surface area contributed by atoms with E-state index >= 15 is 0 Å². The zero-order chi connectivity index (χ0) is 13.3. The molecular formula is C11H12ClN3O3. The first kappa shape index (κ1) is 12.8. The van der Waals surface area contributed by atoms with Gasteiger partial charge in [-0.25, -0.2) is 4.79 Å². The lowest BCUT2D eigenvalue weighted by Crippen LogP contribution is -2.51. The Hall–Kier alpha value is -1.69. The summed E-state index contributed by atoms with van der Waals surface area (Å²) < 4.78 is 0. The third-order valence-electron chi connectivity index (χ3n) is 3.20. The lowest BCUT2D eigenvalue weighted by molar-refractivity contribution is -0.147. The Bertz CT molecular complexity index is 491. The SMILES string of the molecule is CC1(C(=O)O)CCCN1C(=O)c1ccc(Cl)nn1. The van der Waals surface area contributed by atoms with Gasteiger partial charge in [-0.1, -0.05) is 11.6 Å². The fourth-order valence-electron chi connectivity index (χ4n) is 2.08. The van der Waals surface area contributed by atoms with Crippen molar-refractivity contribution in [1.29, 1.82) is 0 Å². The predicted octanol–water partition coefficient (Wildman–Crippen LogP) is 1.21. The fraction of sp³-hybridized carbons (Fsp3) is 0.455. The lowest BCUT2D eigenvalue weighted by atomic mass is 9.99. The van der Waals surface area contributed by atoms with Gasteiger partial charge in [-0.2, -0.15) is 0 Å². The van der Waals surface area contributed by atoms with E-state index in [4.69, 9.17) is 11.6 Å². The largest absolute Gasteiger partial charge is 0.480 e. The van der Waals surface area contributed by atoms with Crippen LogP contribution in [0, 0.1) is 0 Å². The second-order valence-electron chi connectivity index (χ2n) is 4.38. The zero-order valence-electron chi connectivity index (χ0n) is 9.76. The smallest absolute Gasteiger partial charge is 0.329 e. The molecule has 1 fully saturated rings. The highest BCUT2D eigenvalue weighted by Gasteiger charge is 2.46. The number of likely N-dealkylation sites (tertiary alicyclic amines) is 1. The van der Waals surface area contributed by atoms with Gasteiger partial charge in [0.1, 0.15) is 5.54 Å². The maximum absolute atomic E-state index is 12.2. The molecule has 1 aliphatic rings. The number of carbonyl (C=O) groups excluding carboxylic acids is 1. The molecule has 0 aromatic carbocycles. The normalized spacial score (nSPS) is 23.1. The molecule has 2 heterocycles. The second kappa shape index (κ2) is 4.53. The second-order valence-corrected chi connectivity index (χ2v) is 4.77. The lowest BCUT2D eigenvalue weighted by Gasteiger charge is -2.30. The molecule has 1 amide bonds. The first-order valence-corrected chi connectivity index (χ1v) is 5.87. The summed E-state index contributed by atoms with van der Waals surface area (Å²) in [5.74, 6) is -1.43. The molecule has 0 bridgehead atoms. The van der Waals surface area contributed by atoms with E-state index in [1.807, 2.05) is 0 Å². The number of carboxylic acids is 1. The van der Waals surface area contributed by atoms with Gasteiger partial charge < -0.3 is 10.0 Å². The average Bonchev–Trinajstić information content (AvgIpc) is 2.73. The van der Waals surface area contributed by atoms with Gasteiger partial charge in [0, 0.05) is 6.54 Å². The van der Waals surface area contributed by atoms with Crippen LogP contribution in [0.25, 0.3) is 0 Å². The van der Waals surface area contributed by atoms with Crippen LogP contribution in [0.2, 0.25) is 5.15 Å². The Balaban J connectivity index is 2.28. The van der Waals surface area contributed by atoms with E-state index in [0.29, 0.717) is 19.4 Å². The predicted molar refractivity (Wildman–Crippen MR) is 63.4 cm³/mol. The Morgan fingerprint density at radius 1 is 1.44 bits per heavy atom. The summed E-state index contributed by atoms with van der Waals surface area (Å²) in [4.78, 5) is 24.8. The minimum Gasteiger partial charge on any atom is -0.480 e. The van der Waals surface area contributed by atoms with Crippen molar-refractivity contribution in [3.63, 3.8) is 0 Å². The van der Waals surface area contributed by atoms with Crippen LogP contribution < -0.4 is 0 Å². The summed E-state index contributed by atoms with van der Waals surface area (Å²) in [6.45, 7) is 1.95. The van der Waals surface area contributed by atoms with Crippen LogP contribution in [0.4, 0.5) is 0 Å². The van der Waals surface area contributed by atoms with Crippen LogP contribution in [0.1, 0.15) is 30.3 Å². The van der Waals surface area contributed by atoms with Crippen molar-refractivity contribution in [2.24, 2.45) is 0 Å². The van der Waals surface area contributed by atoms with Crippen molar-refractivity contribution in [1.82, 2.24) is 15.1 Å².